The maximum absolute atomic E-state index is 11.6. The first-order valence-corrected chi connectivity index (χ1v) is 5.94. The second kappa shape index (κ2) is 4.40. The first-order chi connectivity index (χ1) is 9.11. The second-order valence-corrected chi connectivity index (χ2v) is 4.56. The summed E-state index contributed by atoms with van der Waals surface area (Å²) in [6.07, 6.45) is 1.60. The average Bonchev–Trinajstić information content (AvgIpc) is 2.75. The highest BCUT2D eigenvalue weighted by atomic mass is 35.5. The van der Waals surface area contributed by atoms with Gasteiger partial charge in [-0.05, 0) is 17.7 Å². The van der Waals surface area contributed by atoms with Crippen LogP contribution in [0.3, 0.4) is 0 Å². The number of aromatic nitrogens is 4. The van der Waals surface area contributed by atoms with Crippen LogP contribution in [0.5, 0.6) is 0 Å². The standard InChI is InChI=1S/C12H9ClN4O2/c13-8-3-1-7(2-4-8)5-17-6-9-10(16-17)14-12(19)15-11(9)18/h1-4,6H,5H2,(H2,14,15,16,18,19). The zero-order chi connectivity index (χ0) is 13.4. The summed E-state index contributed by atoms with van der Waals surface area (Å²) in [6.45, 7) is 0.493. The van der Waals surface area contributed by atoms with Crippen LogP contribution >= 0.6 is 11.6 Å². The van der Waals surface area contributed by atoms with Gasteiger partial charge in [0.25, 0.3) is 5.56 Å². The van der Waals surface area contributed by atoms with E-state index in [2.05, 4.69) is 15.1 Å². The first-order valence-electron chi connectivity index (χ1n) is 5.56. The van der Waals surface area contributed by atoms with Gasteiger partial charge in [-0.25, -0.2) is 4.79 Å². The minimum atomic E-state index is -0.561. The molecular formula is C12H9ClN4O2. The zero-order valence-electron chi connectivity index (χ0n) is 9.68. The maximum atomic E-state index is 11.6. The lowest BCUT2D eigenvalue weighted by molar-refractivity contribution is 0.693. The number of rotatable bonds is 2. The van der Waals surface area contributed by atoms with Crippen LogP contribution < -0.4 is 11.2 Å². The fourth-order valence-electron chi connectivity index (χ4n) is 1.85. The van der Waals surface area contributed by atoms with Gasteiger partial charge in [0.15, 0.2) is 5.65 Å². The normalized spacial score (nSPS) is 11.0. The van der Waals surface area contributed by atoms with Gasteiger partial charge < -0.3 is 0 Å². The van der Waals surface area contributed by atoms with Crippen LogP contribution in [0.15, 0.2) is 40.1 Å². The number of halogens is 1. The van der Waals surface area contributed by atoms with Crippen molar-refractivity contribution in [2.24, 2.45) is 0 Å². The molecule has 2 aromatic heterocycles. The van der Waals surface area contributed by atoms with Crippen molar-refractivity contribution in [2.45, 2.75) is 6.54 Å². The molecule has 0 saturated carbocycles. The van der Waals surface area contributed by atoms with Gasteiger partial charge >= 0.3 is 5.69 Å². The van der Waals surface area contributed by atoms with Gasteiger partial charge in [-0.2, -0.15) is 5.10 Å². The highest BCUT2D eigenvalue weighted by Crippen LogP contribution is 2.11. The highest BCUT2D eigenvalue weighted by Gasteiger charge is 2.06. The van der Waals surface area contributed by atoms with Gasteiger partial charge in [0.1, 0.15) is 5.39 Å². The summed E-state index contributed by atoms with van der Waals surface area (Å²) < 4.78 is 1.60. The number of benzene rings is 1. The summed E-state index contributed by atoms with van der Waals surface area (Å²) in [5.41, 5.74) is 0.272. The number of nitrogens with one attached hydrogen (secondary N) is 2. The Hall–Kier alpha value is -2.34. The Morgan fingerprint density at radius 2 is 1.89 bits per heavy atom. The predicted molar refractivity (Wildman–Crippen MR) is 71.5 cm³/mol. The number of H-pyrrole nitrogens is 2. The summed E-state index contributed by atoms with van der Waals surface area (Å²) in [5, 5.41) is 5.18. The molecule has 2 N–H and O–H groups in total. The Morgan fingerprint density at radius 3 is 2.63 bits per heavy atom. The average molecular weight is 277 g/mol. The molecule has 3 aromatic rings. The van der Waals surface area contributed by atoms with Crippen molar-refractivity contribution in [3.8, 4) is 0 Å². The van der Waals surface area contributed by atoms with E-state index in [0.717, 1.165) is 5.56 Å². The summed E-state index contributed by atoms with van der Waals surface area (Å²) in [4.78, 5) is 27.3. The highest BCUT2D eigenvalue weighted by molar-refractivity contribution is 6.30. The molecule has 0 aliphatic carbocycles. The van der Waals surface area contributed by atoms with Gasteiger partial charge in [-0.15, -0.1) is 0 Å². The van der Waals surface area contributed by atoms with Crippen LogP contribution in [-0.2, 0) is 6.54 Å². The number of aromatic amines is 2. The Kier molecular flexibility index (Phi) is 2.72. The van der Waals surface area contributed by atoms with Gasteiger partial charge in [-0.1, -0.05) is 23.7 Å². The van der Waals surface area contributed by atoms with E-state index in [1.165, 1.54) is 0 Å². The minimum Gasteiger partial charge on any atom is -0.290 e. The molecule has 0 radical (unpaired) electrons. The molecule has 19 heavy (non-hydrogen) atoms. The van der Waals surface area contributed by atoms with E-state index in [9.17, 15) is 9.59 Å². The molecule has 0 aliphatic rings. The maximum Gasteiger partial charge on any atom is 0.327 e. The van der Waals surface area contributed by atoms with Gasteiger partial charge in [-0.3, -0.25) is 19.4 Å². The molecule has 0 saturated heterocycles. The molecule has 0 aliphatic heterocycles. The number of fused-ring (bicyclic) bond motifs is 1. The number of hydrogen-bond donors (Lipinski definition) is 2. The fraction of sp³-hybridized carbons (Fsp3) is 0.0833. The van der Waals surface area contributed by atoms with E-state index in [1.807, 2.05) is 12.1 Å². The quantitative estimate of drug-likeness (QED) is 0.735. The second-order valence-electron chi connectivity index (χ2n) is 4.12. The summed E-state index contributed by atoms with van der Waals surface area (Å²) in [6, 6.07) is 7.33. The molecule has 3 rings (SSSR count). The molecule has 96 valence electrons. The van der Waals surface area contributed by atoms with Crippen LogP contribution in [0.1, 0.15) is 5.56 Å². The zero-order valence-corrected chi connectivity index (χ0v) is 10.4. The Bertz CT molecular complexity index is 845. The molecule has 0 bridgehead atoms. The molecular weight excluding hydrogens is 268 g/mol. The van der Waals surface area contributed by atoms with Crippen molar-refractivity contribution in [3.63, 3.8) is 0 Å². The van der Waals surface area contributed by atoms with Crippen LogP contribution in [-0.4, -0.2) is 19.7 Å². The Labute approximate surface area is 111 Å². The lowest BCUT2D eigenvalue weighted by atomic mass is 10.2. The molecule has 0 unspecified atom stereocenters. The SMILES string of the molecule is O=c1[nH]c(=O)c2cn(Cc3ccc(Cl)cc3)nc2[nH]1. The lowest BCUT2D eigenvalue weighted by Crippen LogP contribution is -2.21. The van der Waals surface area contributed by atoms with Crippen LogP contribution in [0.4, 0.5) is 0 Å². The van der Waals surface area contributed by atoms with Crippen molar-refractivity contribution >= 4 is 22.6 Å². The minimum absolute atomic E-state index is 0.280. The number of nitrogens with zero attached hydrogens (tertiary/aromatic N) is 2. The monoisotopic (exact) mass is 276 g/mol. The van der Waals surface area contributed by atoms with E-state index in [-0.39, 0.29) is 5.65 Å². The molecule has 0 spiro atoms. The van der Waals surface area contributed by atoms with Crippen molar-refractivity contribution in [1.82, 2.24) is 19.7 Å². The molecule has 2 heterocycles. The largest absolute Gasteiger partial charge is 0.327 e. The van der Waals surface area contributed by atoms with E-state index < -0.39 is 11.2 Å². The van der Waals surface area contributed by atoms with E-state index >= 15 is 0 Å². The van der Waals surface area contributed by atoms with E-state index in [0.29, 0.717) is 17.0 Å². The molecule has 6 nitrogen and oxygen atoms in total. The molecule has 1 aromatic carbocycles. The van der Waals surface area contributed by atoms with Crippen LogP contribution in [0.2, 0.25) is 5.02 Å². The molecule has 0 atom stereocenters. The van der Waals surface area contributed by atoms with Crippen LogP contribution in [0.25, 0.3) is 11.0 Å². The van der Waals surface area contributed by atoms with Crippen molar-refractivity contribution in [1.29, 1.82) is 0 Å². The van der Waals surface area contributed by atoms with Gasteiger partial charge in [0.05, 0.1) is 6.54 Å². The summed E-state index contributed by atoms with van der Waals surface area (Å²) in [7, 11) is 0. The molecule has 0 amide bonds. The third kappa shape index (κ3) is 2.30. The fourth-order valence-corrected chi connectivity index (χ4v) is 1.97. The lowest BCUT2D eigenvalue weighted by Gasteiger charge is -2.01. The van der Waals surface area contributed by atoms with Crippen molar-refractivity contribution in [3.05, 3.63) is 61.9 Å². The smallest absolute Gasteiger partial charge is 0.290 e. The summed E-state index contributed by atoms with van der Waals surface area (Å²) in [5.74, 6) is 0. The number of hydrogen-bond acceptors (Lipinski definition) is 3. The Balaban J connectivity index is 2.02. The topological polar surface area (TPSA) is 83.5 Å². The van der Waals surface area contributed by atoms with Gasteiger partial charge in [0, 0.05) is 11.2 Å². The van der Waals surface area contributed by atoms with Crippen molar-refractivity contribution < 1.29 is 0 Å². The van der Waals surface area contributed by atoms with Gasteiger partial charge in [0.2, 0.25) is 0 Å². The Morgan fingerprint density at radius 1 is 1.16 bits per heavy atom. The summed E-state index contributed by atoms with van der Waals surface area (Å²) >= 11 is 5.81. The molecule has 7 heteroatoms. The van der Waals surface area contributed by atoms with E-state index in [1.54, 1.807) is 23.0 Å². The third-order valence-electron chi connectivity index (χ3n) is 2.72. The third-order valence-corrected chi connectivity index (χ3v) is 2.98. The first kappa shape index (κ1) is 11.7. The van der Waals surface area contributed by atoms with Crippen molar-refractivity contribution in [2.75, 3.05) is 0 Å². The van der Waals surface area contributed by atoms with E-state index in [4.69, 9.17) is 11.6 Å². The molecule has 0 fully saturated rings. The van der Waals surface area contributed by atoms with Crippen LogP contribution in [0, 0.1) is 0 Å². The predicted octanol–water partition coefficient (Wildman–Crippen LogP) is 1.11.